The Bertz CT molecular complexity index is 541. The minimum atomic E-state index is 0.351. The van der Waals surface area contributed by atoms with Crippen molar-refractivity contribution >= 4 is 11.8 Å². The molecule has 3 nitrogen and oxygen atoms in total. The second-order valence-corrected chi connectivity index (χ2v) is 6.18. The monoisotopic (exact) mass is 274 g/mol. The van der Waals surface area contributed by atoms with Gasteiger partial charge < -0.3 is 9.73 Å². The van der Waals surface area contributed by atoms with Crippen molar-refractivity contribution in [3.05, 3.63) is 47.9 Å². The second-order valence-electron chi connectivity index (χ2n) is 4.99. The first kappa shape index (κ1) is 12.8. The maximum atomic E-state index is 5.38. The summed E-state index contributed by atoms with van der Waals surface area (Å²) >= 11 is 1.73. The number of nitrogens with one attached hydrogen (secondary N) is 1. The van der Waals surface area contributed by atoms with Crippen molar-refractivity contribution in [2.75, 3.05) is 7.05 Å². The first-order valence-corrected chi connectivity index (χ1v) is 7.50. The Morgan fingerprint density at radius 3 is 2.79 bits per heavy atom. The van der Waals surface area contributed by atoms with E-state index in [1.54, 1.807) is 24.2 Å². The summed E-state index contributed by atoms with van der Waals surface area (Å²) in [6.07, 6.45) is 4.48. The van der Waals surface area contributed by atoms with Crippen LogP contribution in [0.4, 0.5) is 0 Å². The fourth-order valence-corrected chi connectivity index (χ4v) is 4.21. The minimum absolute atomic E-state index is 0.351. The number of rotatable bonds is 3. The molecule has 3 rings (SSSR count). The van der Waals surface area contributed by atoms with Gasteiger partial charge in [-0.2, -0.15) is 0 Å². The van der Waals surface area contributed by atoms with Crippen LogP contribution < -0.4 is 5.32 Å². The van der Waals surface area contributed by atoms with Crippen LogP contribution in [0.3, 0.4) is 0 Å². The van der Waals surface area contributed by atoms with Crippen LogP contribution in [0, 0.1) is 0 Å². The number of hydrogen-bond donors (Lipinski definition) is 1. The third-order valence-corrected chi connectivity index (χ3v) is 4.96. The molecule has 19 heavy (non-hydrogen) atoms. The highest BCUT2D eigenvalue weighted by molar-refractivity contribution is 7.99. The van der Waals surface area contributed by atoms with Crippen molar-refractivity contribution in [2.45, 2.75) is 35.8 Å². The van der Waals surface area contributed by atoms with Gasteiger partial charge >= 0.3 is 0 Å². The van der Waals surface area contributed by atoms with Crippen LogP contribution in [-0.2, 0) is 0 Å². The Morgan fingerprint density at radius 1 is 1.32 bits per heavy atom. The molecule has 4 heteroatoms. The lowest BCUT2D eigenvalue weighted by Crippen LogP contribution is -2.33. The summed E-state index contributed by atoms with van der Waals surface area (Å²) in [4.78, 5) is 4.23. The van der Waals surface area contributed by atoms with Crippen molar-refractivity contribution in [2.24, 2.45) is 0 Å². The standard InChI is InChI=1S/C15H18N2OS/c1-10-9-13(19-15-17-7-8-18-15)14(16-2)12-6-4-3-5-11(10)12/h3-8,10,13-14,16H,9H2,1-2H3. The van der Waals surface area contributed by atoms with Gasteiger partial charge in [-0.15, -0.1) is 0 Å². The van der Waals surface area contributed by atoms with Gasteiger partial charge in [0.1, 0.15) is 6.26 Å². The molecule has 0 radical (unpaired) electrons. The lowest BCUT2D eigenvalue weighted by atomic mass is 9.81. The average molecular weight is 274 g/mol. The first-order chi connectivity index (χ1) is 9.29. The van der Waals surface area contributed by atoms with Crippen LogP contribution in [0.1, 0.15) is 36.4 Å². The predicted molar refractivity (Wildman–Crippen MR) is 77.4 cm³/mol. The van der Waals surface area contributed by atoms with Crippen molar-refractivity contribution in [1.29, 1.82) is 0 Å². The Hall–Kier alpha value is -1.26. The van der Waals surface area contributed by atoms with Gasteiger partial charge in [-0.05, 0) is 30.5 Å². The Kier molecular flexibility index (Phi) is 3.62. The van der Waals surface area contributed by atoms with Gasteiger partial charge in [0.05, 0.1) is 6.20 Å². The predicted octanol–water partition coefficient (Wildman–Crippen LogP) is 3.60. The topological polar surface area (TPSA) is 38.1 Å². The van der Waals surface area contributed by atoms with E-state index in [2.05, 4.69) is 41.5 Å². The van der Waals surface area contributed by atoms with Gasteiger partial charge in [-0.3, -0.25) is 0 Å². The highest BCUT2D eigenvalue weighted by Crippen LogP contribution is 2.44. The van der Waals surface area contributed by atoms with Crippen LogP contribution in [0.25, 0.3) is 0 Å². The van der Waals surface area contributed by atoms with Crippen LogP contribution >= 0.6 is 11.8 Å². The van der Waals surface area contributed by atoms with Gasteiger partial charge in [0.15, 0.2) is 0 Å². The SMILES string of the molecule is CNC1c2ccccc2C(C)CC1Sc1ncco1. The van der Waals surface area contributed by atoms with Crippen LogP contribution in [0.15, 0.2) is 46.4 Å². The van der Waals surface area contributed by atoms with Gasteiger partial charge in [0, 0.05) is 11.3 Å². The van der Waals surface area contributed by atoms with Crippen LogP contribution in [0.5, 0.6) is 0 Å². The largest absolute Gasteiger partial charge is 0.440 e. The summed E-state index contributed by atoms with van der Waals surface area (Å²) in [5.74, 6) is 0.577. The molecule has 3 atom stereocenters. The molecule has 0 aliphatic heterocycles. The van der Waals surface area contributed by atoms with E-state index in [-0.39, 0.29) is 0 Å². The van der Waals surface area contributed by atoms with Crippen LogP contribution in [0.2, 0.25) is 0 Å². The third kappa shape index (κ3) is 2.42. The van der Waals surface area contributed by atoms with Crippen molar-refractivity contribution in [3.63, 3.8) is 0 Å². The van der Waals surface area contributed by atoms with Gasteiger partial charge in [0.2, 0.25) is 0 Å². The normalized spacial score (nSPS) is 26.1. The van der Waals surface area contributed by atoms with E-state index >= 15 is 0 Å². The number of nitrogens with zero attached hydrogens (tertiary/aromatic N) is 1. The van der Waals surface area contributed by atoms with Crippen molar-refractivity contribution in [3.8, 4) is 0 Å². The highest BCUT2D eigenvalue weighted by Gasteiger charge is 2.33. The molecule has 1 aromatic heterocycles. The van der Waals surface area contributed by atoms with Gasteiger partial charge in [-0.1, -0.05) is 43.0 Å². The first-order valence-electron chi connectivity index (χ1n) is 6.62. The zero-order valence-corrected chi connectivity index (χ0v) is 12.0. The van der Waals surface area contributed by atoms with Gasteiger partial charge in [-0.25, -0.2) is 4.98 Å². The molecule has 1 aromatic carbocycles. The average Bonchev–Trinajstić information content (AvgIpc) is 2.92. The van der Waals surface area contributed by atoms with E-state index in [4.69, 9.17) is 4.42 Å². The fourth-order valence-electron chi connectivity index (χ4n) is 2.91. The molecule has 0 bridgehead atoms. The Balaban J connectivity index is 1.91. The van der Waals surface area contributed by atoms with E-state index in [0.29, 0.717) is 17.2 Å². The van der Waals surface area contributed by atoms with E-state index in [9.17, 15) is 0 Å². The Labute approximate surface area is 117 Å². The molecule has 0 saturated heterocycles. The summed E-state index contributed by atoms with van der Waals surface area (Å²) in [6, 6.07) is 9.08. The third-order valence-electron chi connectivity index (χ3n) is 3.79. The van der Waals surface area contributed by atoms with Crippen LogP contribution in [-0.4, -0.2) is 17.3 Å². The summed E-state index contributed by atoms with van der Waals surface area (Å²) in [5, 5.41) is 4.67. The molecule has 1 aliphatic carbocycles. The molecule has 2 aromatic rings. The lowest BCUT2D eigenvalue weighted by molar-refractivity contribution is 0.439. The van der Waals surface area contributed by atoms with Gasteiger partial charge in [0.25, 0.3) is 5.22 Å². The molecule has 0 amide bonds. The van der Waals surface area contributed by atoms with E-state index in [0.717, 1.165) is 11.6 Å². The maximum absolute atomic E-state index is 5.38. The fraction of sp³-hybridized carbons (Fsp3) is 0.400. The lowest BCUT2D eigenvalue weighted by Gasteiger charge is -2.35. The molecular formula is C15H18N2OS. The summed E-state index contributed by atoms with van der Waals surface area (Å²) in [5.41, 5.74) is 2.87. The number of oxazole rings is 1. The van der Waals surface area contributed by atoms with E-state index in [1.807, 2.05) is 7.05 Å². The van der Waals surface area contributed by atoms with Crippen molar-refractivity contribution < 1.29 is 4.42 Å². The molecule has 1 N–H and O–H groups in total. The molecule has 0 fully saturated rings. The molecule has 1 heterocycles. The Morgan fingerprint density at radius 2 is 2.11 bits per heavy atom. The molecule has 100 valence electrons. The zero-order chi connectivity index (χ0) is 13.2. The molecule has 0 saturated carbocycles. The zero-order valence-electron chi connectivity index (χ0n) is 11.2. The molecular weight excluding hydrogens is 256 g/mol. The summed E-state index contributed by atoms with van der Waals surface area (Å²) < 4.78 is 5.38. The highest BCUT2D eigenvalue weighted by atomic mass is 32.2. The summed E-state index contributed by atoms with van der Waals surface area (Å²) in [7, 11) is 2.03. The maximum Gasteiger partial charge on any atom is 0.255 e. The van der Waals surface area contributed by atoms with Crippen molar-refractivity contribution in [1.82, 2.24) is 10.3 Å². The molecule has 3 unspecified atom stereocenters. The molecule has 1 aliphatic rings. The minimum Gasteiger partial charge on any atom is -0.440 e. The summed E-state index contributed by atoms with van der Waals surface area (Å²) in [6.45, 7) is 2.30. The number of aromatic nitrogens is 1. The number of hydrogen-bond acceptors (Lipinski definition) is 4. The number of fused-ring (bicyclic) bond motifs is 1. The van der Waals surface area contributed by atoms with E-state index < -0.39 is 0 Å². The molecule has 0 spiro atoms. The quantitative estimate of drug-likeness (QED) is 0.928. The second kappa shape index (κ2) is 5.39. The van der Waals surface area contributed by atoms with E-state index in [1.165, 1.54) is 11.1 Å². The number of benzene rings is 1. The smallest absolute Gasteiger partial charge is 0.255 e. The number of thioether (sulfide) groups is 1.